The smallest absolute Gasteiger partial charge is 0.271 e. The molecule has 1 rings (SSSR count). The minimum absolute atomic E-state index is 0.0651. The van der Waals surface area contributed by atoms with E-state index in [1.54, 1.807) is 13.1 Å². The highest BCUT2D eigenvalue weighted by Gasteiger charge is 2.28. The van der Waals surface area contributed by atoms with Gasteiger partial charge in [0, 0.05) is 0 Å². The van der Waals surface area contributed by atoms with Gasteiger partial charge >= 0.3 is 0 Å². The molecule has 1 aromatic rings. The van der Waals surface area contributed by atoms with Crippen molar-refractivity contribution in [2.24, 2.45) is 0 Å². The fraction of sp³-hybridized carbons (Fsp3) is 0.625. The minimum atomic E-state index is -2.75. The number of hydrogen-bond acceptors (Lipinski definition) is 0. The molecule has 0 aliphatic carbocycles. The highest BCUT2D eigenvalue weighted by atomic mass is 28.4. The third-order valence-electron chi connectivity index (χ3n) is 3.35. The van der Waals surface area contributed by atoms with Crippen LogP contribution in [-0.2, 0) is 10.8 Å². The van der Waals surface area contributed by atoms with Crippen molar-refractivity contribution >= 4 is 13.6 Å². The highest BCUT2D eigenvalue weighted by Crippen LogP contribution is 2.28. The first-order valence-electron chi connectivity index (χ1n) is 6.67. The summed E-state index contributed by atoms with van der Waals surface area (Å²) in [5.74, 6) is 0. The van der Waals surface area contributed by atoms with Gasteiger partial charge in [-0.25, -0.2) is 0 Å². The van der Waals surface area contributed by atoms with Gasteiger partial charge in [-0.1, -0.05) is 59.7 Å². The second kappa shape index (κ2) is 4.48. The van der Waals surface area contributed by atoms with Crippen LogP contribution in [0.5, 0.6) is 0 Å². The van der Waals surface area contributed by atoms with E-state index in [9.17, 15) is 4.11 Å². The van der Waals surface area contributed by atoms with Crippen molar-refractivity contribution in [2.75, 3.05) is 0 Å². The van der Waals surface area contributed by atoms with Gasteiger partial charge in [-0.2, -0.15) is 0 Å². The van der Waals surface area contributed by atoms with Gasteiger partial charge < -0.3 is 4.11 Å². The molecule has 18 heavy (non-hydrogen) atoms. The molecule has 0 spiro atoms. The van der Waals surface area contributed by atoms with E-state index in [0.29, 0.717) is 0 Å². The Hall–Kier alpha value is -0.633. The zero-order valence-electron chi connectivity index (χ0n) is 13.1. The molecule has 0 nitrogen and oxygen atoms in total. The summed E-state index contributed by atoms with van der Waals surface area (Å²) in [6.45, 7) is 16.6. The van der Waals surface area contributed by atoms with E-state index in [1.807, 2.05) is 0 Å². The lowest BCUT2D eigenvalue weighted by Gasteiger charge is -2.27. The number of hydrogen-bond donors (Lipinski definition) is 0. The maximum absolute atomic E-state index is 14.4. The molecular weight excluding hydrogens is 239 g/mol. The molecular formula is C16H27FSi. The van der Waals surface area contributed by atoms with Gasteiger partial charge in [-0.05, 0) is 40.2 Å². The van der Waals surface area contributed by atoms with Crippen LogP contribution in [0.1, 0.15) is 52.7 Å². The normalized spacial score (nSPS) is 13.8. The van der Waals surface area contributed by atoms with Crippen LogP contribution in [0.4, 0.5) is 4.11 Å². The Balaban J connectivity index is 3.49. The molecule has 102 valence electrons. The van der Waals surface area contributed by atoms with Gasteiger partial charge in [0.2, 0.25) is 0 Å². The summed E-state index contributed by atoms with van der Waals surface area (Å²) in [5.41, 5.74) is 2.61. The van der Waals surface area contributed by atoms with Gasteiger partial charge in [0.25, 0.3) is 8.41 Å². The number of benzene rings is 1. The Morgan fingerprint density at radius 3 is 1.33 bits per heavy atom. The topological polar surface area (TPSA) is 0 Å². The molecule has 0 atom stereocenters. The van der Waals surface area contributed by atoms with E-state index in [-0.39, 0.29) is 10.8 Å². The van der Waals surface area contributed by atoms with E-state index >= 15 is 0 Å². The van der Waals surface area contributed by atoms with E-state index < -0.39 is 8.41 Å². The van der Waals surface area contributed by atoms with Gasteiger partial charge in [0.15, 0.2) is 0 Å². The molecule has 0 aliphatic heterocycles. The third-order valence-corrected chi connectivity index (χ3v) is 5.01. The lowest BCUT2D eigenvalue weighted by molar-refractivity contribution is 0.569. The third kappa shape index (κ3) is 3.68. The van der Waals surface area contributed by atoms with Crippen LogP contribution in [0.15, 0.2) is 18.2 Å². The van der Waals surface area contributed by atoms with Crippen LogP contribution in [0.25, 0.3) is 0 Å². The minimum Gasteiger partial charge on any atom is -0.308 e. The van der Waals surface area contributed by atoms with Crippen LogP contribution in [0.2, 0.25) is 13.1 Å². The van der Waals surface area contributed by atoms with Crippen molar-refractivity contribution in [1.82, 2.24) is 0 Å². The first-order chi connectivity index (χ1) is 7.82. The van der Waals surface area contributed by atoms with E-state index in [4.69, 9.17) is 0 Å². The van der Waals surface area contributed by atoms with Gasteiger partial charge in [0.05, 0.1) is 0 Å². The molecule has 0 N–H and O–H groups in total. The molecule has 0 saturated heterocycles. The van der Waals surface area contributed by atoms with Crippen molar-refractivity contribution in [1.29, 1.82) is 0 Å². The molecule has 0 radical (unpaired) electrons. The largest absolute Gasteiger partial charge is 0.308 e. The molecule has 0 heterocycles. The van der Waals surface area contributed by atoms with Crippen molar-refractivity contribution in [2.45, 2.75) is 65.5 Å². The molecule has 0 unspecified atom stereocenters. The molecule has 0 aromatic heterocycles. The SMILES string of the molecule is CC(C)(C)c1cc(C(C)(C)C)cc([Si](C)(C)F)c1. The molecule has 0 aliphatic rings. The lowest BCUT2D eigenvalue weighted by atomic mass is 9.81. The summed E-state index contributed by atoms with van der Waals surface area (Å²) < 4.78 is 14.4. The first-order valence-corrected chi connectivity index (χ1v) is 9.55. The lowest BCUT2D eigenvalue weighted by Crippen LogP contribution is -2.38. The second-order valence-corrected chi connectivity index (χ2v) is 11.3. The Bertz CT molecular complexity index is 349. The van der Waals surface area contributed by atoms with Crippen molar-refractivity contribution in [3.05, 3.63) is 29.3 Å². The van der Waals surface area contributed by atoms with Crippen molar-refractivity contribution in [3.63, 3.8) is 0 Å². The average molecular weight is 266 g/mol. The average Bonchev–Trinajstić information content (AvgIpc) is 2.13. The predicted octanol–water partition coefficient (Wildman–Crippen LogP) is 4.66. The maximum atomic E-state index is 14.4. The van der Waals surface area contributed by atoms with Crippen molar-refractivity contribution < 1.29 is 4.11 Å². The highest BCUT2D eigenvalue weighted by molar-refractivity contribution is 6.83. The van der Waals surface area contributed by atoms with Crippen LogP contribution >= 0.6 is 0 Å². The quantitative estimate of drug-likeness (QED) is 0.512. The summed E-state index contributed by atoms with van der Waals surface area (Å²) >= 11 is 0. The summed E-state index contributed by atoms with van der Waals surface area (Å²) in [6.07, 6.45) is 0. The van der Waals surface area contributed by atoms with Gasteiger partial charge in [-0.15, -0.1) is 0 Å². The summed E-state index contributed by atoms with van der Waals surface area (Å²) in [5, 5.41) is 0.917. The molecule has 0 amide bonds. The summed E-state index contributed by atoms with van der Waals surface area (Å²) in [4.78, 5) is 0. The Morgan fingerprint density at radius 2 is 1.11 bits per heavy atom. The van der Waals surface area contributed by atoms with Crippen molar-refractivity contribution in [3.8, 4) is 0 Å². The summed E-state index contributed by atoms with van der Waals surface area (Å²) in [7, 11) is -2.75. The molecule has 2 heteroatoms. The van der Waals surface area contributed by atoms with Crippen LogP contribution in [0.3, 0.4) is 0 Å². The molecule has 0 fully saturated rings. The first kappa shape index (κ1) is 15.4. The van der Waals surface area contributed by atoms with Crippen LogP contribution < -0.4 is 5.19 Å². The van der Waals surface area contributed by atoms with Crippen LogP contribution in [0, 0.1) is 0 Å². The number of rotatable bonds is 1. The number of halogens is 1. The molecule has 0 bridgehead atoms. The van der Waals surface area contributed by atoms with Crippen LogP contribution in [-0.4, -0.2) is 8.41 Å². The van der Waals surface area contributed by atoms with Gasteiger partial charge in [0.1, 0.15) is 0 Å². The van der Waals surface area contributed by atoms with Gasteiger partial charge in [-0.3, -0.25) is 0 Å². The monoisotopic (exact) mass is 266 g/mol. The Morgan fingerprint density at radius 1 is 0.778 bits per heavy atom. The Labute approximate surface area is 113 Å². The summed E-state index contributed by atoms with van der Waals surface area (Å²) in [6, 6.07) is 6.38. The molecule has 0 saturated carbocycles. The Kier molecular flexibility index (Phi) is 3.84. The predicted molar refractivity (Wildman–Crippen MR) is 82.1 cm³/mol. The standard InChI is InChI=1S/C16H27FSi/c1-15(2,3)12-9-13(16(4,5)6)11-14(10-12)18(7,8)17/h9-11H,1-8H3. The maximum Gasteiger partial charge on any atom is 0.271 e. The zero-order valence-corrected chi connectivity index (χ0v) is 14.1. The fourth-order valence-electron chi connectivity index (χ4n) is 1.84. The van der Waals surface area contributed by atoms with E-state index in [1.165, 1.54) is 11.1 Å². The zero-order chi connectivity index (χ0) is 14.4. The second-order valence-electron chi connectivity index (χ2n) is 7.77. The fourth-order valence-corrected chi connectivity index (χ4v) is 2.83. The molecule has 1 aromatic carbocycles. The van der Waals surface area contributed by atoms with E-state index in [2.05, 4.69) is 59.7 Å². The van der Waals surface area contributed by atoms with E-state index in [0.717, 1.165) is 5.19 Å².